The van der Waals surface area contributed by atoms with Gasteiger partial charge in [0.2, 0.25) is 0 Å². The quantitative estimate of drug-likeness (QED) is 0.0514. The minimum atomic E-state index is -5.82. The lowest BCUT2D eigenvalue weighted by atomic mass is 10.1. The van der Waals surface area contributed by atoms with Gasteiger partial charge in [-0.1, -0.05) is 0 Å². The van der Waals surface area contributed by atoms with E-state index < -0.39 is 91.7 Å². The summed E-state index contributed by atoms with van der Waals surface area (Å²) in [6.07, 6.45) is -8.63. The number of fused-ring (bicyclic) bond motifs is 1. The zero-order valence-electron chi connectivity index (χ0n) is 26.3. The number of pyridine rings is 1. The van der Waals surface area contributed by atoms with Crippen LogP contribution in [0.2, 0.25) is 0 Å². The maximum Gasteiger partial charge on any atom is 0.478 e. The second-order valence-corrected chi connectivity index (χ2v) is 15.5. The Kier molecular flexibility index (Phi) is 12.3. The first-order chi connectivity index (χ1) is 24.3. The third-order valence-electron chi connectivity index (χ3n) is 7.68. The fourth-order valence-electron chi connectivity index (χ4n) is 5.37. The van der Waals surface area contributed by atoms with E-state index in [2.05, 4.69) is 32.8 Å². The summed E-state index contributed by atoms with van der Waals surface area (Å²) >= 11 is 0. The van der Waals surface area contributed by atoms with E-state index in [0.717, 1.165) is 28.0 Å². The first-order valence-corrected chi connectivity index (χ1v) is 19.3. The van der Waals surface area contributed by atoms with Crippen LogP contribution in [0.4, 0.5) is 5.82 Å². The summed E-state index contributed by atoms with van der Waals surface area (Å²) in [5.74, 6) is -1.40. The Morgan fingerprint density at radius 3 is 2.37 bits per heavy atom. The van der Waals surface area contributed by atoms with Crippen molar-refractivity contribution in [1.29, 1.82) is 0 Å². The maximum atomic E-state index is 12.6. The highest BCUT2D eigenvalue weighted by molar-refractivity contribution is 7.60. The van der Waals surface area contributed by atoms with E-state index in [1.807, 2.05) is 0 Å². The molecular formula is C24H33N6O19P3. The van der Waals surface area contributed by atoms with E-state index in [-0.39, 0.29) is 42.0 Å². The predicted octanol–water partition coefficient (Wildman–Crippen LogP) is -3.01. The molecule has 28 heteroatoms. The maximum absolute atomic E-state index is 12.6. The monoisotopic (exact) mass is 802 g/mol. The van der Waals surface area contributed by atoms with Crippen molar-refractivity contribution in [3.8, 4) is 0 Å². The average molecular weight is 802 g/mol. The molecule has 288 valence electrons. The Balaban J connectivity index is 1.21. The van der Waals surface area contributed by atoms with Gasteiger partial charge in [0, 0.05) is 12.2 Å². The van der Waals surface area contributed by atoms with Gasteiger partial charge in [0.1, 0.15) is 47.9 Å². The number of hydrogen-bond acceptors (Lipinski definition) is 19. The number of phosphoric acid groups is 3. The highest BCUT2D eigenvalue weighted by Crippen LogP contribution is 2.58. The zero-order chi connectivity index (χ0) is 38.2. The number of rotatable bonds is 16. The summed E-state index contributed by atoms with van der Waals surface area (Å²) in [6.45, 7) is -2.39. The van der Waals surface area contributed by atoms with Crippen molar-refractivity contribution in [1.82, 2.24) is 19.5 Å². The molecule has 5 heterocycles. The number of nitrogen functional groups attached to an aromatic ring is 1. The molecule has 5 rings (SSSR count). The number of aliphatic hydroxyl groups is 4. The third-order valence-corrected chi connectivity index (χ3v) is 10.8. The largest absolute Gasteiger partial charge is 0.756 e. The molecule has 0 saturated carbocycles. The van der Waals surface area contributed by atoms with Crippen LogP contribution in [0.25, 0.3) is 11.2 Å². The summed E-state index contributed by atoms with van der Waals surface area (Å²) in [5, 5.41) is 50.4. The van der Waals surface area contributed by atoms with Gasteiger partial charge in [-0.2, -0.15) is 4.57 Å². The molecule has 2 fully saturated rings. The molecule has 2 aliphatic rings. The Morgan fingerprint density at radius 2 is 1.69 bits per heavy atom. The molecular weight excluding hydrogens is 769 g/mol. The number of phosphoric ester groups is 3. The number of nitrogens with two attached hydrogens (primary N) is 1. The fraction of sp³-hybridized carbons (Fsp3) is 0.542. The Hall–Kier alpha value is -2.90. The van der Waals surface area contributed by atoms with Gasteiger partial charge in [-0.15, -0.1) is 0 Å². The van der Waals surface area contributed by atoms with E-state index in [9.17, 15) is 58.5 Å². The van der Waals surface area contributed by atoms with E-state index in [1.165, 1.54) is 12.3 Å². The predicted molar refractivity (Wildman–Crippen MR) is 162 cm³/mol. The fourth-order valence-corrected chi connectivity index (χ4v) is 7.97. The van der Waals surface area contributed by atoms with Crippen molar-refractivity contribution in [2.45, 2.75) is 61.9 Å². The summed E-state index contributed by atoms with van der Waals surface area (Å²) in [5.41, 5.74) is 5.99. The van der Waals surface area contributed by atoms with E-state index >= 15 is 0 Å². The molecule has 25 nitrogen and oxygen atoms in total. The number of aromatic carboxylic acids is 1. The third kappa shape index (κ3) is 9.42. The molecule has 3 aromatic heterocycles. The number of hydrogen-bond donors (Lipinski definition) is 9. The summed E-state index contributed by atoms with van der Waals surface area (Å²) < 4.78 is 68.2. The van der Waals surface area contributed by atoms with Crippen molar-refractivity contribution in [3.63, 3.8) is 0 Å². The van der Waals surface area contributed by atoms with Crippen LogP contribution in [0.15, 0.2) is 31.1 Å². The molecule has 0 amide bonds. The first-order valence-electron chi connectivity index (χ1n) is 14.8. The first kappa shape index (κ1) is 40.3. The number of aryl methyl sites for hydroxylation is 1. The number of carbonyl (C=O) groups is 1. The minimum Gasteiger partial charge on any atom is -0.756 e. The van der Waals surface area contributed by atoms with Crippen molar-refractivity contribution in [2.24, 2.45) is 0 Å². The molecule has 0 spiro atoms. The van der Waals surface area contributed by atoms with Crippen LogP contribution in [0.1, 0.15) is 34.8 Å². The Bertz CT molecular complexity index is 1910. The molecule has 3 aromatic rings. The lowest BCUT2D eigenvalue weighted by Crippen LogP contribution is -2.46. The van der Waals surface area contributed by atoms with Gasteiger partial charge in [-0.3, -0.25) is 18.2 Å². The number of anilines is 1. The van der Waals surface area contributed by atoms with Crippen molar-refractivity contribution in [3.05, 3.63) is 42.2 Å². The summed E-state index contributed by atoms with van der Waals surface area (Å²) in [7, 11) is -16.7. The van der Waals surface area contributed by atoms with Crippen molar-refractivity contribution >= 4 is 46.4 Å². The van der Waals surface area contributed by atoms with Crippen LogP contribution in [0.5, 0.6) is 0 Å². The topological polar surface area (TPSA) is 382 Å². The van der Waals surface area contributed by atoms with Crippen LogP contribution in [-0.4, -0.2) is 122 Å². The van der Waals surface area contributed by atoms with Gasteiger partial charge >= 0.3 is 21.6 Å². The highest BCUT2D eigenvalue weighted by Gasteiger charge is 2.51. The molecule has 0 aromatic carbocycles. The van der Waals surface area contributed by atoms with Gasteiger partial charge in [-0.25, -0.2) is 33.2 Å². The Morgan fingerprint density at radius 1 is 1.00 bits per heavy atom. The lowest BCUT2D eigenvalue weighted by molar-refractivity contribution is -0.766. The number of aromatic nitrogens is 5. The van der Waals surface area contributed by atoms with Crippen LogP contribution in [0, 0.1) is 0 Å². The number of nitrogens with zero attached hydrogens (tertiary/aromatic N) is 5. The second-order valence-electron chi connectivity index (χ2n) is 11.3. The number of carboxylic acid groups (broad SMARTS) is 1. The molecule has 10 atom stereocenters. The minimum absolute atomic E-state index is 0.0212. The number of ether oxygens (including phenoxy) is 2. The number of carboxylic acids is 1. The number of aliphatic hydroxyl groups excluding tert-OH is 4. The van der Waals surface area contributed by atoms with Gasteiger partial charge in [0.05, 0.1) is 19.5 Å². The Labute approximate surface area is 291 Å². The molecule has 0 aliphatic carbocycles. The second kappa shape index (κ2) is 15.8. The van der Waals surface area contributed by atoms with Gasteiger partial charge in [-0.05, 0) is 18.9 Å². The zero-order valence-corrected chi connectivity index (χ0v) is 28.9. The molecule has 10 N–H and O–H groups in total. The van der Waals surface area contributed by atoms with E-state index in [1.54, 1.807) is 0 Å². The molecule has 2 aliphatic heterocycles. The van der Waals surface area contributed by atoms with Crippen LogP contribution in [-0.2, 0) is 47.5 Å². The lowest BCUT2D eigenvalue weighted by Gasteiger charge is -2.26. The van der Waals surface area contributed by atoms with E-state index in [4.69, 9.17) is 20.3 Å². The molecule has 0 bridgehead atoms. The summed E-state index contributed by atoms with van der Waals surface area (Å²) in [4.78, 5) is 64.8. The summed E-state index contributed by atoms with van der Waals surface area (Å²) in [6, 6.07) is 1.33. The molecule has 0 radical (unpaired) electrons. The number of imidazole rings is 1. The van der Waals surface area contributed by atoms with Gasteiger partial charge < -0.3 is 64.8 Å². The van der Waals surface area contributed by atoms with Crippen LogP contribution in [0.3, 0.4) is 0 Å². The molecule has 52 heavy (non-hydrogen) atoms. The van der Waals surface area contributed by atoms with E-state index in [0.29, 0.717) is 5.56 Å². The average Bonchev–Trinajstić information content (AvgIpc) is 3.71. The van der Waals surface area contributed by atoms with Crippen LogP contribution >= 0.6 is 23.5 Å². The standard InChI is InChI=1S/C24H33N6O19P3/c25-20-15-21(27-9-26-20)30(10-28-15)23-19(48-50(37,38)39)17(33)14(47-23)8-45-52(42,43)49-51(40,41)44-7-13-16(32)18(34)22(46-13)29-5-11(2-1-3-31)4-12(6-29)24(35)36/h4-6,9-10,13-14,16-19,22-23,31-34H,1-3,7-8H2,(H6-,25,26,27,35,36,37,38,39,40,41,42,43)/t13-,14+,16-,17+,18-,19+,22-,23+/m0/s1. The SMILES string of the molecule is Nc1ncnc2c1ncn2[C@@H]1O[C@H](COP(=O)([O-])OP(=O)(O)OC[C@@H]2O[C@H]([n+]3cc(CCCO)cc(C(=O)O)c3)[C@@H](O)[C@H]2O)[C@@H](O)[C@H]1OP(=O)(O)O. The smallest absolute Gasteiger partial charge is 0.478 e. The van der Waals surface area contributed by atoms with Gasteiger partial charge in [0.15, 0.2) is 36.2 Å². The highest BCUT2D eigenvalue weighted by atomic mass is 31.3. The molecule has 2 saturated heterocycles. The van der Waals surface area contributed by atoms with Crippen molar-refractivity contribution < 1.29 is 95.5 Å². The van der Waals surface area contributed by atoms with Crippen molar-refractivity contribution in [2.75, 3.05) is 25.6 Å². The van der Waals surface area contributed by atoms with Gasteiger partial charge in [0.25, 0.3) is 14.1 Å². The normalized spacial score (nSPS) is 28.9. The molecule has 2 unspecified atom stereocenters. The van der Waals surface area contributed by atoms with Crippen LogP contribution < -0.4 is 15.2 Å².